The molecule has 0 aliphatic rings. The standard InChI is InChI=1S/C14H14N2OS2/c17-11-16(13-7-4-10-19-13)14(18)15-9-8-12-5-2-1-3-6-12/h1-7,10-11H,8-9H2,(H,15,18). The summed E-state index contributed by atoms with van der Waals surface area (Å²) in [6, 6.07) is 13.9. The SMILES string of the molecule is O=CN(C(=S)NCCc1ccccc1)c1cccs1. The predicted octanol–water partition coefficient (Wildman–Crippen LogP) is 2.83. The number of carbonyl (C=O) groups excluding carboxylic acids is 1. The van der Waals surface area contributed by atoms with Crippen LogP contribution in [0.1, 0.15) is 5.56 Å². The fraction of sp³-hybridized carbons (Fsp3) is 0.143. The Morgan fingerprint density at radius 1 is 1.26 bits per heavy atom. The maximum absolute atomic E-state index is 11.1. The minimum Gasteiger partial charge on any atom is -0.362 e. The fourth-order valence-electron chi connectivity index (χ4n) is 1.65. The number of rotatable bonds is 5. The quantitative estimate of drug-likeness (QED) is 0.679. The second-order valence-corrected chi connectivity index (χ2v) is 5.21. The van der Waals surface area contributed by atoms with Crippen LogP contribution in [0.5, 0.6) is 0 Å². The van der Waals surface area contributed by atoms with Crippen molar-refractivity contribution in [1.29, 1.82) is 0 Å². The van der Waals surface area contributed by atoms with Crippen LogP contribution >= 0.6 is 23.6 Å². The molecular formula is C14H14N2OS2. The second-order valence-electron chi connectivity index (χ2n) is 3.89. The maximum Gasteiger partial charge on any atom is 0.221 e. The van der Waals surface area contributed by atoms with E-state index in [0.29, 0.717) is 11.7 Å². The van der Waals surface area contributed by atoms with Crippen LogP contribution in [0, 0.1) is 0 Å². The van der Waals surface area contributed by atoms with Crippen molar-refractivity contribution < 1.29 is 4.79 Å². The van der Waals surface area contributed by atoms with Crippen molar-refractivity contribution in [1.82, 2.24) is 5.32 Å². The van der Waals surface area contributed by atoms with E-state index in [1.54, 1.807) is 0 Å². The van der Waals surface area contributed by atoms with Gasteiger partial charge in [0.2, 0.25) is 6.41 Å². The summed E-state index contributed by atoms with van der Waals surface area (Å²) >= 11 is 6.71. The van der Waals surface area contributed by atoms with Gasteiger partial charge in [-0.2, -0.15) is 0 Å². The molecule has 1 aromatic heterocycles. The average molecular weight is 290 g/mol. The van der Waals surface area contributed by atoms with Gasteiger partial charge in [0.1, 0.15) is 5.00 Å². The van der Waals surface area contributed by atoms with Gasteiger partial charge in [0.05, 0.1) is 0 Å². The molecule has 0 aliphatic carbocycles. The normalized spacial score (nSPS) is 9.89. The molecule has 3 nitrogen and oxygen atoms in total. The van der Waals surface area contributed by atoms with Crippen molar-refractivity contribution >= 4 is 40.1 Å². The number of nitrogens with one attached hydrogen (secondary N) is 1. The number of anilines is 1. The molecule has 0 atom stereocenters. The van der Waals surface area contributed by atoms with Gasteiger partial charge in [0.25, 0.3) is 0 Å². The van der Waals surface area contributed by atoms with Gasteiger partial charge >= 0.3 is 0 Å². The van der Waals surface area contributed by atoms with Crippen LogP contribution in [0.3, 0.4) is 0 Å². The largest absolute Gasteiger partial charge is 0.362 e. The third-order valence-corrected chi connectivity index (χ3v) is 3.81. The third-order valence-electron chi connectivity index (χ3n) is 2.60. The van der Waals surface area contributed by atoms with Crippen molar-refractivity contribution in [3.63, 3.8) is 0 Å². The fourth-order valence-corrected chi connectivity index (χ4v) is 2.65. The highest BCUT2D eigenvalue weighted by atomic mass is 32.1. The Morgan fingerprint density at radius 2 is 2.05 bits per heavy atom. The lowest BCUT2D eigenvalue weighted by Gasteiger charge is -2.17. The van der Waals surface area contributed by atoms with E-state index in [1.807, 2.05) is 35.7 Å². The van der Waals surface area contributed by atoms with Crippen molar-refractivity contribution in [2.45, 2.75) is 6.42 Å². The molecular weight excluding hydrogens is 276 g/mol. The van der Waals surface area contributed by atoms with E-state index in [-0.39, 0.29) is 0 Å². The molecule has 2 aromatic rings. The third kappa shape index (κ3) is 3.87. The van der Waals surface area contributed by atoms with Crippen LogP contribution in [0.4, 0.5) is 5.00 Å². The van der Waals surface area contributed by atoms with Crippen molar-refractivity contribution in [2.24, 2.45) is 0 Å². The Morgan fingerprint density at radius 3 is 2.68 bits per heavy atom. The first-order valence-electron chi connectivity index (χ1n) is 5.91. The van der Waals surface area contributed by atoms with Crippen molar-refractivity contribution in [2.75, 3.05) is 11.4 Å². The Bertz CT molecular complexity index is 526. The Balaban J connectivity index is 1.85. The lowest BCUT2D eigenvalue weighted by Crippen LogP contribution is -2.39. The van der Waals surface area contributed by atoms with Crippen LogP contribution in [-0.2, 0) is 11.2 Å². The van der Waals surface area contributed by atoms with E-state index in [1.165, 1.54) is 21.8 Å². The summed E-state index contributed by atoms with van der Waals surface area (Å²) in [5.74, 6) is 0. The Labute approximate surface area is 121 Å². The smallest absolute Gasteiger partial charge is 0.221 e. The number of thiocarbonyl (C=S) groups is 1. The zero-order chi connectivity index (χ0) is 13.5. The molecule has 1 heterocycles. The van der Waals surface area contributed by atoms with Gasteiger partial charge in [-0.3, -0.25) is 9.69 Å². The highest BCUT2D eigenvalue weighted by Crippen LogP contribution is 2.19. The minimum absolute atomic E-state index is 0.438. The number of benzene rings is 1. The van der Waals surface area contributed by atoms with Crippen LogP contribution < -0.4 is 10.2 Å². The zero-order valence-electron chi connectivity index (χ0n) is 10.3. The summed E-state index contributed by atoms with van der Waals surface area (Å²) in [7, 11) is 0. The lowest BCUT2D eigenvalue weighted by molar-refractivity contribution is -0.106. The van der Waals surface area contributed by atoms with Gasteiger partial charge in [-0.15, -0.1) is 11.3 Å². The number of hydrogen-bond donors (Lipinski definition) is 1. The molecule has 0 spiro atoms. The zero-order valence-corrected chi connectivity index (χ0v) is 11.9. The number of nitrogens with zero attached hydrogens (tertiary/aromatic N) is 1. The number of hydrogen-bond acceptors (Lipinski definition) is 3. The molecule has 1 N–H and O–H groups in total. The van der Waals surface area contributed by atoms with Gasteiger partial charge in [0, 0.05) is 6.54 Å². The molecule has 0 aliphatic heterocycles. The summed E-state index contributed by atoms with van der Waals surface area (Å²) in [6.07, 6.45) is 1.61. The van der Waals surface area contributed by atoms with Crippen LogP contribution in [0.25, 0.3) is 0 Å². The number of thiophene rings is 1. The van der Waals surface area contributed by atoms with Crippen molar-refractivity contribution in [3.8, 4) is 0 Å². The minimum atomic E-state index is 0.438. The lowest BCUT2D eigenvalue weighted by atomic mass is 10.1. The van der Waals surface area contributed by atoms with Gasteiger partial charge in [-0.25, -0.2) is 0 Å². The first-order valence-corrected chi connectivity index (χ1v) is 7.20. The average Bonchev–Trinajstić information content (AvgIpc) is 2.95. The van der Waals surface area contributed by atoms with Crippen LogP contribution in [0.15, 0.2) is 47.8 Å². The van der Waals surface area contributed by atoms with Crippen molar-refractivity contribution in [3.05, 3.63) is 53.4 Å². The van der Waals surface area contributed by atoms with Gasteiger partial charge < -0.3 is 5.32 Å². The molecule has 0 saturated carbocycles. The van der Waals surface area contributed by atoms with E-state index in [2.05, 4.69) is 17.4 Å². The molecule has 0 bridgehead atoms. The molecule has 1 aromatic carbocycles. The molecule has 5 heteroatoms. The topological polar surface area (TPSA) is 32.3 Å². The van der Waals surface area contributed by atoms with Gasteiger partial charge in [0.15, 0.2) is 5.11 Å². The predicted molar refractivity (Wildman–Crippen MR) is 83.6 cm³/mol. The van der Waals surface area contributed by atoms with Crippen LogP contribution in [0.2, 0.25) is 0 Å². The molecule has 0 saturated heterocycles. The van der Waals surface area contributed by atoms with E-state index in [0.717, 1.165) is 17.8 Å². The Hall–Kier alpha value is -1.72. The van der Waals surface area contributed by atoms with Crippen LogP contribution in [-0.4, -0.2) is 18.1 Å². The maximum atomic E-state index is 11.1. The first-order chi connectivity index (χ1) is 9.31. The molecule has 1 amide bonds. The first kappa shape index (κ1) is 13.7. The summed E-state index contributed by atoms with van der Waals surface area (Å²) in [5.41, 5.74) is 1.24. The number of amides is 1. The second kappa shape index (κ2) is 7.01. The summed E-state index contributed by atoms with van der Waals surface area (Å²) < 4.78 is 0. The molecule has 0 radical (unpaired) electrons. The summed E-state index contributed by atoms with van der Waals surface area (Å²) in [5, 5.41) is 6.28. The molecule has 98 valence electrons. The summed E-state index contributed by atoms with van der Waals surface area (Å²) in [6.45, 7) is 0.707. The van der Waals surface area contributed by atoms with Gasteiger partial charge in [-0.05, 0) is 41.7 Å². The van der Waals surface area contributed by atoms with E-state index >= 15 is 0 Å². The highest BCUT2D eigenvalue weighted by Gasteiger charge is 2.11. The van der Waals surface area contributed by atoms with Gasteiger partial charge in [-0.1, -0.05) is 30.3 Å². The summed E-state index contributed by atoms with van der Waals surface area (Å²) in [4.78, 5) is 12.5. The molecule has 2 rings (SSSR count). The van der Waals surface area contributed by atoms with E-state index < -0.39 is 0 Å². The molecule has 0 unspecified atom stereocenters. The monoisotopic (exact) mass is 290 g/mol. The Kier molecular flexibility index (Phi) is 5.06. The van der Waals surface area contributed by atoms with E-state index in [4.69, 9.17) is 12.2 Å². The number of carbonyl (C=O) groups is 1. The molecule has 19 heavy (non-hydrogen) atoms. The van der Waals surface area contributed by atoms with E-state index in [9.17, 15) is 4.79 Å². The molecule has 0 fully saturated rings. The highest BCUT2D eigenvalue weighted by molar-refractivity contribution is 7.80.